The van der Waals surface area contributed by atoms with Crippen LogP contribution in [0, 0.1) is 5.92 Å². The normalized spacial score (nSPS) is 27.8. The molecule has 2 fully saturated rings. The van der Waals surface area contributed by atoms with E-state index in [1.807, 2.05) is 4.90 Å². The highest BCUT2D eigenvalue weighted by molar-refractivity contribution is 5.78. The predicted molar refractivity (Wildman–Crippen MR) is 79.9 cm³/mol. The molecule has 134 valence electrons. The maximum absolute atomic E-state index is 13.0. The van der Waals surface area contributed by atoms with Crippen molar-refractivity contribution in [1.82, 2.24) is 15.1 Å². The Hall–Kier alpha value is -0.860. The number of rotatable bonds is 5. The van der Waals surface area contributed by atoms with Gasteiger partial charge in [-0.05, 0) is 12.8 Å². The first-order valence-corrected chi connectivity index (χ1v) is 8.32. The summed E-state index contributed by atoms with van der Waals surface area (Å²) in [6, 6.07) is -0.785. The van der Waals surface area contributed by atoms with Crippen molar-refractivity contribution in [3.8, 4) is 0 Å². The number of β-amino-alcohol motifs (C(OH)–C–C–N with tert-alkyl or cyclic N) is 1. The summed E-state index contributed by atoms with van der Waals surface area (Å²) in [5.74, 6) is -1.73. The Morgan fingerprint density at radius 3 is 2.30 bits per heavy atom. The van der Waals surface area contributed by atoms with Crippen LogP contribution in [0.15, 0.2) is 0 Å². The average Bonchev–Trinajstić information content (AvgIpc) is 2.49. The first-order valence-electron chi connectivity index (χ1n) is 8.32. The second-order valence-electron chi connectivity index (χ2n) is 6.45. The van der Waals surface area contributed by atoms with Crippen LogP contribution in [0.25, 0.3) is 0 Å². The van der Waals surface area contributed by atoms with Crippen molar-refractivity contribution in [3.05, 3.63) is 0 Å². The molecule has 5 nitrogen and oxygen atoms in total. The van der Waals surface area contributed by atoms with E-state index in [9.17, 15) is 18.0 Å². The summed E-state index contributed by atoms with van der Waals surface area (Å²) in [7, 11) is 0. The first-order chi connectivity index (χ1) is 10.9. The Balaban J connectivity index is 1.78. The van der Waals surface area contributed by atoms with Crippen molar-refractivity contribution < 1.29 is 23.1 Å². The lowest BCUT2D eigenvalue weighted by Gasteiger charge is -2.36. The van der Waals surface area contributed by atoms with Crippen LogP contribution in [0.5, 0.6) is 0 Å². The number of aliphatic hydroxyl groups is 1. The van der Waals surface area contributed by atoms with Crippen LogP contribution in [0.1, 0.15) is 25.7 Å². The van der Waals surface area contributed by atoms with Gasteiger partial charge in [0.05, 0.1) is 19.1 Å². The quantitative estimate of drug-likeness (QED) is 0.780. The maximum Gasteiger partial charge on any atom is 0.393 e. The SMILES string of the molecule is O=C(CN1CCN(CCO)CC1)NC1CCCCC1C(F)(F)F. The van der Waals surface area contributed by atoms with Gasteiger partial charge in [0.2, 0.25) is 5.91 Å². The van der Waals surface area contributed by atoms with E-state index < -0.39 is 18.1 Å². The van der Waals surface area contributed by atoms with Gasteiger partial charge in [0.25, 0.3) is 0 Å². The molecule has 1 saturated heterocycles. The monoisotopic (exact) mass is 337 g/mol. The second-order valence-corrected chi connectivity index (χ2v) is 6.45. The molecule has 0 spiro atoms. The van der Waals surface area contributed by atoms with Crippen LogP contribution in [0.4, 0.5) is 13.2 Å². The molecule has 2 N–H and O–H groups in total. The van der Waals surface area contributed by atoms with Gasteiger partial charge in [0.15, 0.2) is 0 Å². The molecule has 0 bridgehead atoms. The number of hydrogen-bond acceptors (Lipinski definition) is 4. The zero-order valence-corrected chi connectivity index (χ0v) is 13.3. The Kier molecular flexibility index (Phi) is 6.67. The van der Waals surface area contributed by atoms with Crippen LogP contribution in [0.2, 0.25) is 0 Å². The molecule has 1 saturated carbocycles. The number of carbonyl (C=O) groups excluding carboxylic acids is 1. The van der Waals surface area contributed by atoms with E-state index in [1.165, 1.54) is 0 Å². The van der Waals surface area contributed by atoms with E-state index in [-0.39, 0.29) is 25.5 Å². The Bertz CT molecular complexity index is 385. The Labute approximate surface area is 134 Å². The highest BCUT2D eigenvalue weighted by atomic mass is 19.4. The highest BCUT2D eigenvalue weighted by Gasteiger charge is 2.45. The fourth-order valence-corrected chi connectivity index (χ4v) is 3.46. The minimum absolute atomic E-state index is 0.105. The minimum atomic E-state index is -4.24. The number of alkyl halides is 3. The van der Waals surface area contributed by atoms with E-state index >= 15 is 0 Å². The number of aliphatic hydroxyl groups excluding tert-OH is 1. The van der Waals surface area contributed by atoms with Gasteiger partial charge >= 0.3 is 6.18 Å². The fraction of sp³-hybridized carbons (Fsp3) is 0.933. The minimum Gasteiger partial charge on any atom is -0.395 e. The van der Waals surface area contributed by atoms with Crippen molar-refractivity contribution in [1.29, 1.82) is 0 Å². The van der Waals surface area contributed by atoms with Crippen molar-refractivity contribution in [3.63, 3.8) is 0 Å². The topological polar surface area (TPSA) is 55.8 Å². The summed E-state index contributed by atoms with van der Waals surface area (Å²) in [6.07, 6.45) is -2.43. The van der Waals surface area contributed by atoms with Gasteiger partial charge in [-0.2, -0.15) is 13.2 Å². The summed E-state index contributed by atoms with van der Waals surface area (Å²) in [5.41, 5.74) is 0. The number of carbonyl (C=O) groups is 1. The molecule has 1 aliphatic heterocycles. The summed E-state index contributed by atoms with van der Waals surface area (Å²) in [4.78, 5) is 16.1. The molecule has 0 aromatic rings. The number of hydrogen-bond donors (Lipinski definition) is 2. The summed E-state index contributed by atoms with van der Waals surface area (Å²) in [6.45, 7) is 3.80. The van der Waals surface area contributed by atoms with Gasteiger partial charge in [-0.15, -0.1) is 0 Å². The van der Waals surface area contributed by atoms with E-state index in [0.29, 0.717) is 32.5 Å². The van der Waals surface area contributed by atoms with E-state index in [2.05, 4.69) is 10.2 Å². The summed E-state index contributed by atoms with van der Waals surface area (Å²) >= 11 is 0. The molecule has 0 aromatic carbocycles. The third-order valence-electron chi connectivity index (χ3n) is 4.78. The predicted octanol–water partition coefficient (Wildman–Crippen LogP) is 0.834. The molecule has 2 atom stereocenters. The lowest BCUT2D eigenvalue weighted by atomic mass is 9.84. The molecule has 23 heavy (non-hydrogen) atoms. The van der Waals surface area contributed by atoms with Crippen LogP contribution >= 0.6 is 0 Å². The van der Waals surface area contributed by atoms with Crippen molar-refractivity contribution in [2.45, 2.75) is 37.9 Å². The maximum atomic E-state index is 13.0. The van der Waals surface area contributed by atoms with Gasteiger partial charge < -0.3 is 10.4 Å². The van der Waals surface area contributed by atoms with E-state index in [0.717, 1.165) is 19.5 Å². The number of piperazine rings is 1. The molecule has 1 aliphatic carbocycles. The number of amides is 1. The fourth-order valence-electron chi connectivity index (χ4n) is 3.46. The number of nitrogens with zero attached hydrogens (tertiary/aromatic N) is 2. The van der Waals surface area contributed by atoms with Crippen LogP contribution in [0.3, 0.4) is 0 Å². The van der Waals surface area contributed by atoms with Crippen LogP contribution in [-0.4, -0.2) is 78.9 Å². The average molecular weight is 337 g/mol. The van der Waals surface area contributed by atoms with Gasteiger partial charge in [-0.25, -0.2) is 0 Å². The molecule has 2 aliphatic rings. The van der Waals surface area contributed by atoms with Gasteiger partial charge in [-0.1, -0.05) is 12.8 Å². The molecule has 1 amide bonds. The molecule has 2 rings (SSSR count). The second kappa shape index (κ2) is 8.30. The van der Waals surface area contributed by atoms with Gasteiger partial charge in [0.1, 0.15) is 0 Å². The summed E-state index contributed by atoms with van der Waals surface area (Å²) in [5, 5.41) is 11.5. The zero-order chi connectivity index (χ0) is 16.9. The molecule has 2 unspecified atom stereocenters. The van der Waals surface area contributed by atoms with E-state index in [4.69, 9.17) is 5.11 Å². The highest BCUT2D eigenvalue weighted by Crippen LogP contribution is 2.37. The molecular weight excluding hydrogens is 311 g/mol. The third kappa shape index (κ3) is 5.61. The lowest BCUT2D eigenvalue weighted by molar-refractivity contribution is -0.189. The van der Waals surface area contributed by atoms with Crippen molar-refractivity contribution >= 4 is 5.91 Å². The number of halogens is 3. The van der Waals surface area contributed by atoms with Gasteiger partial charge in [0, 0.05) is 38.8 Å². The van der Waals surface area contributed by atoms with Crippen LogP contribution in [-0.2, 0) is 4.79 Å². The standard InChI is InChI=1S/C15H26F3N3O2/c16-15(17,18)12-3-1-2-4-13(12)19-14(23)11-21-7-5-20(6-8-21)9-10-22/h12-13,22H,1-11H2,(H,19,23). The van der Waals surface area contributed by atoms with Crippen molar-refractivity contribution in [2.75, 3.05) is 45.9 Å². The molecule has 0 aromatic heterocycles. The molecular formula is C15H26F3N3O2. The molecule has 8 heteroatoms. The van der Waals surface area contributed by atoms with Gasteiger partial charge in [-0.3, -0.25) is 14.6 Å². The first kappa shape index (κ1) is 18.5. The number of nitrogens with one attached hydrogen (secondary N) is 1. The Morgan fingerprint density at radius 2 is 1.70 bits per heavy atom. The molecule has 0 radical (unpaired) electrons. The van der Waals surface area contributed by atoms with Crippen molar-refractivity contribution in [2.24, 2.45) is 5.92 Å². The summed E-state index contributed by atoms with van der Waals surface area (Å²) < 4.78 is 39.1. The van der Waals surface area contributed by atoms with Crippen LogP contribution < -0.4 is 5.32 Å². The molecule has 1 heterocycles. The lowest BCUT2D eigenvalue weighted by Crippen LogP contribution is -2.53. The smallest absolute Gasteiger partial charge is 0.393 e. The third-order valence-corrected chi connectivity index (χ3v) is 4.78. The zero-order valence-electron chi connectivity index (χ0n) is 13.3. The Morgan fingerprint density at radius 1 is 1.09 bits per heavy atom. The largest absolute Gasteiger partial charge is 0.395 e. The van der Waals surface area contributed by atoms with E-state index in [1.54, 1.807) is 0 Å².